The second-order valence-electron chi connectivity index (χ2n) is 1.98. The van der Waals surface area contributed by atoms with E-state index in [1.165, 1.54) is 4.91 Å². The molecule has 0 aromatic heterocycles. The summed E-state index contributed by atoms with van der Waals surface area (Å²) in [5.41, 5.74) is 0. The second kappa shape index (κ2) is 2.06. The lowest BCUT2D eigenvalue weighted by Gasteiger charge is -2.20. The average Bonchev–Trinajstić information content (AvgIpc) is 1.86. The molecule has 0 aliphatic carbocycles. The number of hydrogen-bond donors (Lipinski definition) is 0. The van der Waals surface area contributed by atoms with Crippen molar-refractivity contribution in [3.05, 3.63) is 22.5 Å². The van der Waals surface area contributed by atoms with Crippen LogP contribution in [-0.2, 0) is 0 Å². The Morgan fingerprint density at radius 1 is 1.62 bits per heavy atom. The molecule has 0 amide bonds. The first kappa shape index (κ1) is 6.68. The van der Waals surface area contributed by atoms with Crippen LogP contribution in [0.15, 0.2) is 22.5 Å². The van der Waals surface area contributed by atoms with Crippen molar-refractivity contribution in [3.8, 4) is 0 Å². The molecule has 0 nitrogen and oxygen atoms in total. The largest absolute Gasteiger partial charge is 0.147 e. The summed E-state index contributed by atoms with van der Waals surface area (Å²) >= 11 is 2.52. The Labute approximate surface area is 63.9 Å². The zero-order chi connectivity index (χ0) is 6.20. The highest BCUT2D eigenvalue weighted by Gasteiger charge is 2.14. The van der Waals surface area contributed by atoms with E-state index in [0.29, 0.717) is 0 Å². The maximum atomic E-state index is 2.52. The van der Waals surface area contributed by atoms with Gasteiger partial charge in [-0.05, 0) is 44.7 Å². The third kappa shape index (κ3) is 1.10. The van der Waals surface area contributed by atoms with E-state index in [1.54, 1.807) is 0 Å². The Morgan fingerprint density at radius 2 is 2.25 bits per heavy atom. The molecule has 1 atom stereocenters. The summed E-state index contributed by atoms with van der Waals surface area (Å²) in [6, 6.07) is 0. The minimum absolute atomic E-state index is 0.474. The third-order valence-electron chi connectivity index (χ3n) is 1.29. The Morgan fingerprint density at radius 3 is 2.38 bits per heavy atom. The summed E-state index contributed by atoms with van der Waals surface area (Å²) in [6.45, 7) is 2.20. The van der Waals surface area contributed by atoms with E-state index >= 15 is 0 Å². The Hall–Kier alpha value is 0.560. The van der Waals surface area contributed by atoms with E-state index in [2.05, 4.69) is 51.9 Å². The third-order valence-corrected chi connectivity index (χ3v) is 6.32. The summed E-state index contributed by atoms with van der Waals surface area (Å²) in [5, 5.41) is 2.29. The Kier molecular flexibility index (Phi) is 1.72. The minimum atomic E-state index is -0.474. The molecule has 0 aromatic rings. The SMILES string of the molecule is CC1=CC=CS1(C)I. The minimum Gasteiger partial charge on any atom is -0.147 e. The highest BCUT2D eigenvalue weighted by Crippen LogP contribution is 2.63. The molecular weight excluding hydrogens is 231 g/mol. The quantitative estimate of drug-likeness (QED) is 0.570. The van der Waals surface area contributed by atoms with Gasteiger partial charge in [-0.3, -0.25) is 0 Å². The maximum Gasteiger partial charge on any atom is -0.0170 e. The van der Waals surface area contributed by atoms with Gasteiger partial charge in [0.05, 0.1) is 0 Å². The van der Waals surface area contributed by atoms with E-state index in [9.17, 15) is 0 Å². The highest BCUT2D eigenvalue weighted by molar-refractivity contribution is 14.2. The van der Waals surface area contributed by atoms with E-state index in [1.807, 2.05) is 0 Å². The fraction of sp³-hybridized carbons (Fsp3) is 0.333. The lowest BCUT2D eigenvalue weighted by Crippen LogP contribution is -1.77. The fourth-order valence-corrected chi connectivity index (χ4v) is 2.44. The highest BCUT2D eigenvalue weighted by atomic mass is 127. The van der Waals surface area contributed by atoms with Crippen LogP contribution in [0.2, 0.25) is 0 Å². The van der Waals surface area contributed by atoms with Crippen molar-refractivity contribution < 1.29 is 0 Å². The molecule has 0 fully saturated rings. The first-order valence-electron chi connectivity index (χ1n) is 2.46. The van der Waals surface area contributed by atoms with Crippen molar-refractivity contribution in [1.82, 2.24) is 0 Å². The summed E-state index contributed by atoms with van der Waals surface area (Å²) in [4.78, 5) is 1.53. The summed E-state index contributed by atoms with van der Waals surface area (Å²) in [6.07, 6.45) is 6.64. The molecule has 0 N–H and O–H groups in total. The second-order valence-corrected chi connectivity index (χ2v) is 10.1. The molecule has 0 bridgehead atoms. The predicted molar refractivity (Wildman–Crippen MR) is 50.4 cm³/mol. The van der Waals surface area contributed by atoms with Crippen LogP contribution < -0.4 is 0 Å². The van der Waals surface area contributed by atoms with E-state index in [4.69, 9.17) is 0 Å². The molecule has 0 saturated heterocycles. The van der Waals surface area contributed by atoms with Gasteiger partial charge in [0.2, 0.25) is 0 Å². The van der Waals surface area contributed by atoms with Gasteiger partial charge in [0.1, 0.15) is 0 Å². The van der Waals surface area contributed by atoms with Crippen LogP contribution in [0.4, 0.5) is 0 Å². The van der Waals surface area contributed by atoms with Gasteiger partial charge in [0, 0.05) is 0 Å². The van der Waals surface area contributed by atoms with Gasteiger partial charge in [-0.15, -0.1) is 7.20 Å². The van der Waals surface area contributed by atoms with Crippen LogP contribution in [0.3, 0.4) is 0 Å². The van der Waals surface area contributed by atoms with Crippen LogP contribution in [0.25, 0.3) is 0 Å². The lowest BCUT2D eigenvalue weighted by atomic mass is 10.5. The van der Waals surface area contributed by atoms with Gasteiger partial charge in [0.15, 0.2) is 0 Å². The van der Waals surface area contributed by atoms with Gasteiger partial charge in [0.25, 0.3) is 0 Å². The molecule has 1 unspecified atom stereocenters. The maximum absolute atomic E-state index is 2.52. The zero-order valence-electron chi connectivity index (χ0n) is 5.02. The van der Waals surface area contributed by atoms with Crippen LogP contribution in [0, 0.1) is 0 Å². The first-order chi connectivity index (χ1) is 3.63. The molecule has 1 rings (SSSR count). The van der Waals surface area contributed by atoms with Crippen molar-refractivity contribution in [1.29, 1.82) is 0 Å². The normalized spacial score (nSPS) is 43.6. The first-order valence-corrected chi connectivity index (χ1v) is 7.10. The number of rotatable bonds is 0. The van der Waals surface area contributed by atoms with Crippen LogP contribution in [-0.4, -0.2) is 6.26 Å². The Bertz CT molecular complexity index is 156. The van der Waals surface area contributed by atoms with Crippen LogP contribution in [0.1, 0.15) is 6.92 Å². The van der Waals surface area contributed by atoms with Gasteiger partial charge in [-0.25, -0.2) is 0 Å². The Balaban J connectivity index is 2.87. The van der Waals surface area contributed by atoms with Crippen molar-refractivity contribution in [2.45, 2.75) is 6.92 Å². The molecule has 1 aliphatic heterocycles. The monoisotopic (exact) mass is 240 g/mol. The van der Waals surface area contributed by atoms with Gasteiger partial charge in [-0.2, -0.15) is 0 Å². The number of halogens is 1. The summed E-state index contributed by atoms with van der Waals surface area (Å²) < 4.78 is 0. The fourth-order valence-electron chi connectivity index (χ4n) is 0.563. The molecule has 0 aromatic carbocycles. The van der Waals surface area contributed by atoms with Gasteiger partial charge >= 0.3 is 0 Å². The standard InChI is InChI=1S/C6H9IS/c1-6-4-3-5-8(6,2)7/h3-5H,1-2H3. The smallest absolute Gasteiger partial charge is 0.0170 e. The molecule has 8 heavy (non-hydrogen) atoms. The van der Waals surface area contributed by atoms with E-state index in [0.717, 1.165) is 0 Å². The van der Waals surface area contributed by atoms with Gasteiger partial charge in [-0.1, -0.05) is 12.2 Å². The van der Waals surface area contributed by atoms with Crippen LogP contribution in [0.5, 0.6) is 0 Å². The lowest BCUT2D eigenvalue weighted by molar-refractivity contribution is 1.69. The molecule has 1 heterocycles. The van der Waals surface area contributed by atoms with Crippen LogP contribution >= 0.6 is 28.4 Å². The topological polar surface area (TPSA) is 0 Å². The van der Waals surface area contributed by atoms with Crippen molar-refractivity contribution >= 4 is 28.4 Å². The van der Waals surface area contributed by atoms with Gasteiger partial charge < -0.3 is 0 Å². The van der Waals surface area contributed by atoms with Crippen molar-refractivity contribution in [2.24, 2.45) is 0 Å². The summed E-state index contributed by atoms with van der Waals surface area (Å²) in [5.74, 6) is 0. The molecule has 0 spiro atoms. The number of hydrogen-bond acceptors (Lipinski definition) is 0. The molecule has 1 aliphatic rings. The summed E-state index contributed by atoms with van der Waals surface area (Å²) in [7, 11) is -0.474. The molecule has 46 valence electrons. The molecular formula is C6H9IS. The molecule has 2 heteroatoms. The molecule has 0 saturated carbocycles. The van der Waals surface area contributed by atoms with Crippen molar-refractivity contribution in [3.63, 3.8) is 0 Å². The molecule has 0 radical (unpaired) electrons. The van der Waals surface area contributed by atoms with Crippen molar-refractivity contribution in [2.75, 3.05) is 6.26 Å². The van der Waals surface area contributed by atoms with E-state index in [-0.39, 0.29) is 0 Å². The predicted octanol–water partition coefficient (Wildman–Crippen LogP) is 3.20. The average molecular weight is 240 g/mol. The number of allylic oxidation sites excluding steroid dienone is 3. The van der Waals surface area contributed by atoms with E-state index < -0.39 is 7.20 Å². The zero-order valence-corrected chi connectivity index (χ0v) is 7.99.